The van der Waals surface area contributed by atoms with E-state index in [0.29, 0.717) is 0 Å². The number of carbonyl (C=O) groups is 1. The Hall–Kier alpha value is 0.202. The molecule has 7 heteroatoms. The largest absolute Gasteiger partial charge is 0.397 e. The van der Waals surface area contributed by atoms with Crippen LogP contribution in [0.5, 0.6) is 0 Å². The number of amides is 1. The van der Waals surface area contributed by atoms with Crippen LogP contribution in [-0.2, 0) is 124 Å². The zero-order chi connectivity index (χ0) is 29.9. The predicted molar refractivity (Wildman–Crippen MR) is 177 cm³/mol. The first-order chi connectivity index (χ1) is 19.3. The molecular formula is C37H53N3OY3-6. The van der Waals surface area contributed by atoms with Crippen LogP contribution in [0.15, 0.2) is 54.6 Å². The van der Waals surface area contributed by atoms with Gasteiger partial charge in [-0.2, -0.15) is 108 Å². The van der Waals surface area contributed by atoms with E-state index in [0.717, 1.165) is 37.3 Å². The number of anilines is 1. The van der Waals surface area contributed by atoms with Crippen LogP contribution < -0.4 is 4.90 Å². The number of carbonyl (C=O) groups excluding carboxylic acids is 1. The van der Waals surface area contributed by atoms with E-state index in [-0.39, 0.29) is 111 Å². The quantitative estimate of drug-likeness (QED) is 0.214. The SMILES string of the molecule is C.CN1CCc2c[c-]ccc21.CN1Cc2c[c-]ccc2C1.CN1Cc2c[c-]ccc2C1=O.C[CH-]C.C[CH-]C.C[CH-]C.[Y].[Y].[Y]. The number of likely N-dealkylation sites (N-methyl/N-ethyl adjacent to an activating group) is 1. The summed E-state index contributed by atoms with van der Waals surface area (Å²) in [5, 5.41) is 0. The van der Waals surface area contributed by atoms with Gasteiger partial charge in [0.15, 0.2) is 0 Å². The smallest absolute Gasteiger partial charge is 0.228 e. The van der Waals surface area contributed by atoms with Crippen LogP contribution in [0.25, 0.3) is 0 Å². The molecule has 3 aliphatic rings. The van der Waals surface area contributed by atoms with Crippen LogP contribution in [0.4, 0.5) is 5.69 Å². The van der Waals surface area contributed by atoms with E-state index >= 15 is 0 Å². The molecule has 0 spiro atoms. The van der Waals surface area contributed by atoms with Gasteiger partial charge in [-0.05, 0) is 13.6 Å². The van der Waals surface area contributed by atoms with Gasteiger partial charge in [-0.1, -0.05) is 25.1 Å². The van der Waals surface area contributed by atoms with Crippen molar-refractivity contribution in [3.05, 3.63) is 120 Å². The van der Waals surface area contributed by atoms with Gasteiger partial charge in [0.2, 0.25) is 5.91 Å². The van der Waals surface area contributed by atoms with Crippen molar-refractivity contribution in [2.45, 2.75) is 75.0 Å². The summed E-state index contributed by atoms with van der Waals surface area (Å²) in [5.74, 6) is 0.119. The molecule has 3 aromatic carbocycles. The first-order valence-corrected chi connectivity index (χ1v) is 14.1. The molecule has 4 nitrogen and oxygen atoms in total. The van der Waals surface area contributed by atoms with Gasteiger partial charge in [0.05, 0.1) is 0 Å². The molecule has 44 heavy (non-hydrogen) atoms. The monoisotopic (exact) mass is 822 g/mol. The Labute approximate surface area is 347 Å². The van der Waals surface area contributed by atoms with E-state index in [1.165, 1.54) is 28.8 Å². The van der Waals surface area contributed by atoms with Crippen LogP contribution in [0.2, 0.25) is 0 Å². The van der Waals surface area contributed by atoms with Crippen LogP contribution in [-0.4, -0.2) is 43.4 Å². The second-order valence-corrected chi connectivity index (χ2v) is 10.1. The normalized spacial score (nSPS) is 12.5. The summed E-state index contributed by atoms with van der Waals surface area (Å²) >= 11 is 0. The molecule has 0 bridgehead atoms. The molecule has 237 valence electrons. The Bertz CT molecular complexity index is 1100. The standard InChI is InChI=1S/C9H8NO.2C9H10N.3C3H7.CH4.3Y/c1-10-6-7-4-2-3-5-8(7)9(10)11;1-10-6-8-4-2-3-5-9(8)7-10;1-10-7-6-8-4-2-3-5-9(8)10;3*1-3-2;;;;/h3-5H,6H2,1H3;2,4-5H,6-7H2,1H3;3-5H,6-7H2,1H3;3*3H,1-2H3;1H4;;;/q6*-1;;;;. The average molecular weight is 823 g/mol. The van der Waals surface area contributed by atoms with Crippen molar-refractivity contribution in [3.63, 3.8) is 0 Å². The molecule has 3 radical (unpaired) electrons. The minimum atomic E-state index is 0. The molecule has 3 heterocycles. The maximum Gasteiger partial charge on any atom is 0.228 e. The number of fused-ring (bicyclic) bond motifs is 3. The molecule has 1 amide bonds. The molecule has 0 saturated carbocycles. The van der Waals surface area contributed by atoms with Gasteiger partial charge in [-0.25, -0.2) is 0 Å². The van der Waals surface area contributed by atoms with Gasteiger partial charge in [0, 0.05) is 132 Å². The molecule has 6 rings (SSSR count). The number of benzene rings is 3. The van der Waals surface area contributed by atoms with Crippen molar-refractivity contribution < 1.29 is 103 Å². The molecule has 0 atom stereocenters. The third-order valence-corrected chi connectivity index (χ3v) is 5.92. The summed E-state index contributed by atoms with van der Waals surface area (Å²) in [6.07, 6.45) is 7.18. The Morgan fingerprint density at radius 3 is 1.57 bits per heavy atom. The van der Waals surface area contributed by atoms with E-state index in [1.54, 1.807) is 11.0 Å². The molecule has 0 fully saturated rings. The molecule has 0 aromatic heterocycles. The molecule has 0 unspecified atom stereocenters. The van der Waals surface area contributed by atoms with Crippen molar-refractivity contribution >= 4 is 11.6 Å². The maximum atomic E-state index is 11.3. The minimum Gasteiger partial charge on any atom is -0.397 e. The van der Waals surface area contributed by atoms with Gasteiger partial charge in [0.25, 0.3) is 0 Å². The number of rotatable bonds is 0. The molecule has 3 aromatic rings. The van der Waals surface area contributed by atoms with Gasteiger partial charge in [-0.3, -0.25) is 4.79 Å². The topological polar surface area (TPSA) is 26.8 Å². The van der Waals surface area contributed by atoms with Crippen molar-refractivity contribution in [2.24, 2.45) is 0 Å². The Morgan fingerprint density at radius 2 is 1.07 bits per heavy atom. The number of hydrogen-bond donors (Lipinski definition) is 0. The first kappa shape index (κ1) is 51.0. The summed E-state index contributed by atoms with van der Waals surface area (Å²) < 4.78 is 0. The predicted octanol–water partition coefficient (Wildman–Crippen LogP) is 8.30. The summed E-state index contributed by atoms with van der Waals surface area (Å²) in [5.41, 5.74) is 7.61. The second-order valence-electron chi connectivity index (χ2n) is 10.1. The summed E-state index contributed by atoms with van der Waals surface area (Å²) in [7, 11) is 6.08. The Morgan fingerprint density at radius 1 is 0.614 bits per heavy atom. The number of nitrogens with zero attached hydrogens (tertiary/aromatic N) is 3. The van der Waals surface area contributed by atoms with Crippen molar-refractivity contribution in [2.75, 3.05) is 32.6 Å². The van der Waals surface area contributed by atoms with Crippen molar-refractivity contribution in [3.8, 4) is 0 Å². The van der Waals surface area contributed by atoms with Crippen LogP contribution in [0, 0.1) is 37.5 Å². The Kier molecular flexibility index (Phi) is 35.4. The fourth-order valence-electron chi connectivity index (χ4n) is 4.21. The van der Waals surface area contributed by atoms with Crippen molar-refractivity contribution in [1.29, 1.82) is 0 Å². The van der Waals surface area contributed by atoms with E-state index in [2.05, 4.69) is 66.4 Å². The van der Waals surface area contributed by atoms with Crippen LogP contribution in [0.1, 0.15) is 81.6 Å². The van der Waals surface area contributed by atoms with Gasteiger partial charge in [0.1, 0.15) is 0 Å². The van der Waals surface area contributed by atoms with Crippen LogP contribution >= 0.6 is 0 Å². The summed E-state index contributed by atoms with van der Waals surface area (Å²) in [4.78, 5) is 17.6. The minimum absolute atomic E-state index is 0. The second kappa shape index (κ2) is 30.5. The maximum absolute atomic E-state index is 11.3. The van der Waals surface area contributed by atoms with E-state index in [4.69, 9.17) is 0 Å². The first-order valence-electron chi connectivity index (χ1n) is 14.1. The fraction of sp³-hybridized carbons (Fsp3) is 0.405. The van der Waals surface area contributed by atoms with Gasteiger partial charge < -0.3 is 34.0 Å². The zero-order valence-electron chi connectivity index (χ0n) is 27.9. The van der Waals surface area contributed by atoms with E-state index in [1.807, 2.05) is 92.1 Å². The van der Waals surface area contributed by atoms with Gasteiger partial charge >= 0.3 is 0 Å². The summed E-state index contributed by atoms with van der Waals surface area (Å²) in [6.45, 7) is 16.1. The van der Waals surface area contributed by atoms with Crippen molar-refractivity contribution in [1.82, 2.24) is 9.80 Å². The van der Waals surface area contributed by atoms with E-state index < -0.39 is 0 Å². The molecular weight excluding hydrogens is 769 g/mol. The molecule has 0 aliphatic carbocycles. The van der Waals surface area contributed by atoms with E-state index in [9.17, 15) is 4.79 Å². The van der Waals surface area contributed by atoms with Gasteiger partial charge in [-0.15, -0.1) is 28.3 Å². The molecule has 3 aliphatic heterocycles. The average Bonchev–Trinajstić information content (AvgIpc) is 3.60. The Balaban J connectivity index is -0.000000231. The fourth-order valence-corrected chi connectivity index (χ4v) is 4.21. The molecule has 0 saturated heterocycles. The summed E-state index contributed by atoms with van der Waals surface area (Å²) in [6, 6.07) is 27.0. The third-order valence-electron chi connectivity index (χ3n) is 5.92. The number of hydrogen-bond acceptors (Lipinski definition) is 3. The zero-order valence-corrected chi connectivity index (χ0v) is 36.5. The third kappa shape index (κ3) is 18.5. The molecule has 0 N–H and O–H groups in total. The van der Waals surface area contributed by atoms with Crippen LogP contribution in [0.3, 0.4) is 0 Å².